The van der Waals surface area contributed by atoms with Crippen molar-refractivity contribution in [1.82, 2.24) is 19.9 Å². The number of nitrogens with zero attached hydrogens (tertiary/aromatic N) is 4. The standard InChI is InChI=1S/C16H23N5OS/c1-11-9-14(20-16-18-12(2)10-23-16)19-15(17-11)13-5-3-4-6-21(13)7-8-22/h9-10,13,22H,3-8H2,1-2H3,(H,17,18,19,20)/t13-/m1/s1. The number of hydrogen-bond acceptors (Lipinski definition) is 7. The number of aliphatic hydroxyl groups excluding tert-OH is 1. The van der Waals surface area contributed by atoms with Gasteiger partial charge in [0.1, 0.15) is 11.6 Å². The third kappa shape index (κ3) is 4.04. The first-order valence-corrected chi connectivity index (χ1v) is 8.93. The fourth-order valence-corrected chi connectivity index (χ4v) is 3.70. The minimum atomic E-state index is 0.172. The molecule has 3 rings (SSSR count). The van der Waals surface area contributed by atoms with E-state index in [1.807, 2.05) is 25.3 Å². The van der Waals surface area contributed by atoms with Gasteiger partial charge in [0, 0.05) is 23.7 Å². The Morgan fingerprint density at radius 1 is 1.26 bits per heavy atom. The van der Waals surface area contributed by atoms with E-state index >= 15 is 0 Å². The van der Waals surface area contributed by atoms with Crippen molar-refractivity contribution < 1.29 is 5.11 Å². The van der Waals surface area contributed by atoms with Gasteiger partial charge in [0.15, 0.2) is 5.13 Å². The van der Waals surface area contributed by atoms with Crippen LogP contribution in [-0.2, 0) is 0 Å². The Morgan fingerprint density at radius 2 is 2.13 bits per heavy atom. The highest BCUT2D eigenvalue weighted by atomic mass is 32.1. The van der Waals surface area contributed by atoms with Gasteiger partial charge in [0.05, 0.1) is 18.3 Å². The molecule has 1 aliphatic heterocycles. The molecule has 0 saturated carbocycles. The summed E-state index contributed by atoms with van der Waals surface area (Å²) in [5.41, 5.74) is 1.95. The Hall–Kier alpha value is -1.57. The summed E-state index contributed by atoms with van der Waals surface area (Å²) in [5.74, 6) is 1.63. The predicted molar refractivity (Wildman–Crippen MR) is 92.2 cm³/mol. The number of aromatic nitrogens is 3. The summed E-state index contributed by atoms with van der Waals surface area (Å²) in [6.45, 7) is 5.81. The molecule has 2 aromatic rings. The van der Waals surface area contributed by atoms with Crippen LogP contribution in [0.4, 0.5) is 10.9 Å². The number of β-amino-alcohol motifs (C(OH)–C–C–N with tert-alkyl or cyclic N) is 1. The van der Waals surface area contributed by atoms with Crippen LogP contribution in [0.3, 0.4) is 0 Å². The van der Waals surface area contributed by atoms with Crippen LogP contribution < -0.4 is 5.32 Å². The summed E-state index contributed by atoms with van der Waals surface area (Å²) in [4.78, 5) is 16.1. The summed E-state index contributed by atoms with van der Waals surface area (Å²) >= 11 is 1.57. The number of nitrogens with one attached hydrogen (secondary N) is 1. The van der Waals surface area contributed by atoms with Crippen molar-refractivity contribution >= 4 is 22.3 Å². The Bertz CT molecular complexity index is 658. The number of piperidine rings is 1. The van der Waals surface area contributed by atoms with Crippen molar-refractivity contribution in [2.45, 2.75) is 39.2 Å². The lowest BCUT2D eigenvalue weighted by Gasteiger charge is -2.34. The molecular weight excluding hydrogens is 310 g/mol. The molecule has 3 heterocycles. The molecule has 23 heavy (non-hydrogen) atoms. The van der Waals surface area contributed by atoms with E-state index in [2.05, 4.69) is 20.2 Å². The monoisotopic (exact) mass is 333 g/mol. The van der Waals surface area contributed by atoms with Crippen molar-refractivity contribution in [3.05, 3.63) is 28.7 Å². The summed E-state index contributed by atoms with van der Waals surface area (Å²) in [6.07, 6.45) is 3.39. The molecule has 1 saturated heterocycles. The zero-order valence-electron chi connectivity index (χ0n) is 13.6. The predicted octanol–water partition coefficient (Wildman–Crippen LogP) is 2.81. The van der Waals surface area contributed by atoms with E-state index in [1.165, 1.54) is 12.8 Å². The Kier molecular flexibility index (Phi) is 5.20. The molecule has 1 atom stereocenters. The first kappa shape index (κ1) is 16.3. The third-order valence-electron chi connectivity index (χ3n) is 4.02. The van der Waals surface area contributed by atoms with Crippen molar-refractivity contribution in [2.75, 3.05) is 25.0 Å². The molecule has 1 fully saturated rings. The fraction of sp³-hybridized carbons (Fsp3) is 0.562. The second-order valence-corrected chi connectivity index (χ2v) is 6.80. The smallest absolute Gasteiger partial charge is 0.188 e. The van der Waals surface area contributed by atoms with Gasteiger partial charge in [-0.05, 0) is 33.2 Å². The van der Waals surface area contributed by atoms with E-state index in [1.54, 1.807) is 11.3 Å². The van der Waals surface area contributed by atoms with Crippen molar-refractivity contribution in [3.8, 4) is 0 Å². The van der Waals surface area contributed by atoms with Crippen molar-refractivity contribution in [1.29, 1.82) is 0 Å². The van der Waals surface area contributed by atoms with Gasteiger partial charge >= 0.3 is 0 Å². The molecule has 0 amide bonds. The lowest BCUT2D eigenvalue weighted by atomic mass is 10.0. The molecule has 1 aliphatic rings. The van der Waals surface area contributed by atoms with E-state index in [4.69, 9.17) is 4.98 Å². The number of rotatable bonds is 5. The van der Waals surface area contributed by atoms with Gasteiger partial charge in [-0.15, -0.1) is 11.3 Å². The highest BCUT2D eigenvalue weighted by Gasteiger charge is 2.26. The molecule has 0 bridgehead atoms. The second-order valence-electron chi connectivity index (χ2n) is 5.94. The summed E-state index contributed by atoms with van der Waals surface area (Å²) in [7, 11) is 0. The fourth-order valence-electron chi connectivity index (χ4n) is 3.00. The van der Waals surface area contributed by atoms with Crippen LogP contribution in [-0.4, -0.2) is 44.7 Å². The van der Waals surface area contributed by atoms with Gasteiger partial charge in [0.25, 0.3) is 0 Å². The van der Waals surface area contributed by atoms with E-state index in [0.717, 1.165) is 41.1 Å². The lowest BCUT2D eigenvalue weighted by molar-refractivity contribution is 0.112. The van der Waals surface area contributed by atoms with Crippen molar-refractivity contribution in [2.24, 2.45) is 0 Å². The maximum Gasteiger partial charge on any atom is 0.188 e. The molecule has 0 spiro atoms. The van der Waals surface area contributed by atoms with Gasteiger partial charge in [-0.1, -0.05) is 6.42 Å². The number of thiazole rings is 1. The number of anilines is 2. The van der Waals surface area contributed by atoms with Crippen LogP contribution >= 0.6 is 11.3 Å². The topological polar surface area (TPSA) is 74.2 Å². The molecule has 2 aromatic heterocycles. The van der Waals surface area contributed by atoms with Crippen LogP contribution in [0.2, 0.25) is 0 Å². The van der Waals surface area contributed by atoms with Crippen LogP contribution in [0.15, 0.2) is 11.4 Å². The van der Waals surface area contributed by atoms with Crippen LogP contribution in [0.25, 0.3) is 0 Å². The van der Waals surface area contributed by atoms with Crippen LogP contribution in [0.5, 0.6) is 0 Å². The highest BCUT2D eigenvalue weighted by molar-refractivity contribution is 7.13. The van der Waals surface area contributed by atoms with E-state index in [9.17, 15) is 5.11 Å². The summed E-state index contributed by atoms with van der Waals surface area (Å²) < 4.78 is 0. The zero-order valence-corrected chi connectivity index (χ0v) is 14.4. The first-order valence-electron chi connectivity index (χ1n) is 8.05. The maximum atomic E-state index is 9.29. The average Bonchev–Trinajstić information content (AvgIpc) is 2.92. The lowest BCUT2D eigenvalue weighted by Crippen LogP contribution is -2.36. The van der Waals surface area contributed by atoms with Gasteiger partial charge in [0.2, 0.25) is 0 Å². The number of aliphatic hydroxyl groups is 1. The molecule has 0 unspecified atom stereocenters. The summed E-state index contributed by atoms with van der Waals surface area (Å²) in [5, 5.41) is 15.4. The number of aryl methyl sites for hydroxylation is 2. The van der Waals surface area contributed by atoms with E-state index in [-0.39, 0.29) is 12.6 Å². The minimum absolute atomic E-state index is 0.172. The molecule has 6 nitrogen and oxygen atoms in total. The van der Waals surface area contributed by atoms with Gasteiger partial charge < -0.3 is 10.4 Å². The second kappa shape index (κ2) is 7.33. The number of likely N-dealkylation sites (tertiary alicyclic amines) is 1. The van der Waals surface area contributed by atoms with Gasteiger partial charge in [-0.25, -0.2) is 15.0 Å². The Morgan fingerprint density at radius 3 is 2.87 bits per heavy atom. The van der Waals surface area contributed by atoms with E-state index in [0.29, 0.717) is 6.54 Å². The Balaban J connectivity index is 1.84. The Labute approximate surface area is 140 Å². The summed E-state index contributed by atoms with van der Waals surface area (Å²) in [6, 6.07) is 2.13. The van der Waals surface area contributed by atoms with Crippen molar-refractivity contribution in [3.63, 3.8) is 0 Å². The largest absolute Gasteiger partial charge is 0.395 e. The van der Waals surface area contributed by atoms with Crippen LogP contribution in [0, 0.1) is 13.8 Å². The quantitative estimate of drug-likeness (QED) is 0.876. The molecule has 124 valence electrons. The maximum absolute atomic E-state index is 9.29. The SMILES string of the molecule is Cc1cc(Nc2nc(C)cs2)nc([C@H]2CCCCN2CCO)n1. The molecule has 0 aliphatic carbocycles. The van der Waals surface area contributed by atoms with Gasteiger partial charge in [-0.3, -0.25) is 4.90 Å². The molecule has 0 aromatic carbocycles. The highest BCUT2D eigenvalue weighted by Crippen LogP contribution is 2.30. The molecule has 2 N–H and O–H groups in total. The normalized spacial score (nSPS) is 19.0. The molecule has 0 radical (unpaired) electrons. The molecular formula is C16H23N5OS. The van der Waals surface area contributed by atoms with E-state index < -0.39 is 0 Å². The molecule has 7 heteroatoms. The first-order chi connectivity index (χ1) is 11.2. The average molecular weight is 333 g/mol. The van der Waals surface area contributed by atoms with Gasteiger partial charge in [-0.2, -0.15) is 0 Å². The third-order valence-corrected chi connectivity index (χ3v) is 4.90. The van der Waals surface area contributed by atoms with Crippen LogP contribution in [0.1, 0.15) is 42.5 Å². The zero-order chi connectivity index (χ0) is 16.2. The number of hydrogen-bond donors (Lipinski definition) is 2. The minimum Gasteiger partial charge on any atom is -0.395 e.